The van der Waals surface area contributed by atoms with Crippen LogP contribution in [0.4, 0.5) is 5.69 Å². The molecular weight excluding hydrogens is 354 g/mol. The molecule has 28 heavy (non-hydrogen) atoms. The number of anilines is 1. The van der Waals surface area contributed by atoms with Gasteiger partial charge in [-0.3, -0.25) is 14.5 Å². The molecule has 3 heterocycles. The predicted octanol–water partition coefficient (Wildman–Crippen LogP) is 2.87. The summed E-state index contributed by atoms with van der Waals surface area (Å²) in [4.78, 5) is 32.5. The monoisotopic (exact) mass is 375 g/mol. The fraction of sp³-hybridized carbons (Fsp3) is 0.273. The van der Waals surface area contributed by atoms with E-state index in [2.05, 4.69) is 16.0 Å². The molecule has 2 aliphatic heterocycles. The number of aromatic nitrogens is 1. The number of carbonyl (C=O) groups is 2. The van der Waals surface area contributed by atoms with E-state index in [1.165, 1.54) is 15.8 Å². The number of rotatable bonds is 3. The third-order valence-corrected chi connectivity index (χ3v) is 5.79. The van der Waals surface area contributed by atoms with Gasteiger partial charge in [-0.15, -0.1) is 0 Å². The van der Waals surface area contributed by atoms with Crippen molar-refractivity contribution in [1.29, 1.82) is 0 Å². The van der Waals surface area contributed by atoms with Crippen molar-refractivity contribution in [2.45, 2.75) is 25.4 Å². The number of hydrogen-bond donors (Lipinski definition) is 1. The number of H-pyrrole nitrogens is 1. The van der Waals surface area contributed by atoms with Crippen LogP contribution in [-0.4, -0.2) is 41.4 Å². The average Bonchev–Trinajstić information content (AvgIpc) is 3.24. The highest BCUT2D eigenvalue weighted by Crippen LogP contribution is 2.33. The maximum Gasteiger partial charge on any atom is 0.251 e. The van der Waals surface area contributed by atoms with Crippen LogP contribution in [0, 0.1) is 0 Å². The third kappa shape index (κ3) is 2.60. The predicted molar refractivity (Wildman–Crippen MR) is 106 cm³/mol. The molecule has 0 radical (unpaired) electrons. The number of aromatic amines is 1. The van der Waals surface area contributed by atoms with E-state index >= 15 is 0 Å². The zero-order chi connectivity index (χ0) is 19.3. The summed E-state index contributed by atoms with van der Waals surface area (Å²) >= 11 is 0. The quantitative estimate of drug-likeness (QED) is 0.715. The lowest BCUT2D eigenvalue weighted by Gasteiger charge is -2.30. The van der Waals surface area contributed by atoms with Crippen LogP contribution in [0.15, 0.2) is 48.5 Å². The summed E-state index contributed by atoms with van der Waals surface area (Å²) in [6.07, 6.45) is 1.07. The lowest BCUT2D eigenvalue weighted by atomic mass is 10.0. The van der Waals surface area contributed by atoms with Gasteiger partial charge in [0, 0.05) is 29.7 Å². The van der Waals surface area contributed by atoms with Gasteiger partial charge in [0.2, 0.25) is 5.91 Å². The van der Waals surface area contributed by atoms with Crippen molar-refractivity contribution in [3.63, 3.8) is 0 Å². The Labute approximate surface area is 162 Å². The Morgan fingerprint density at radius 3 is 2.71 bits per heavy atom. The first-order chi connectivity index (χ1) is 13.7. The van der Waals surface area contributed by atoms with Crippen molar-refractivity contribution >= 4 is 28.4 Å². The summed E-state index contributed by atoms with van der Waals surface area (Å²) in [5.41, 5.74) is 4.12. The van der Waals surface area contributed by atoms with Crippen LogP contribution >= 0.6 is 0 Å². The van der Waals surface area contributed by atoms with Gasteiger partial charge in [-0.05, 0) is 42.3 Å². The zero-order valence-electron chi connectivity index (χ0n) is 15.6. The second-order valence-electron chi connectivity index (χ2n) is 7.34. The number of para-hydroxylation sites is 1. The minimum absolute atomic E-state index is 0.127. The standard InChI is InChI=1S/C22H21N3O3/c1-28-15-7-8-18-17(11-15)16-9-10-24(13-19(16)23-18)20-12-21(26)25(22(20)27)14-5-3-2-4-6-14/h2-8,11,20,23H,9-10,12-13H2,1H3/t20-/m0/s1. The summed E-state index contributed by atoms with van der Waals surface area (Å²) in [6.45, 7) is 1.39. The number of carbonyl (C=O) groups excluding carboxylic acids is 2. The molecule has 2 aliphatic rings. The van der Waals surface area contributed by atoms with E-state index in [0.29, 0.717) is 12.2 Å². The molecule has 1 saturated heterocycles. The summed E-state index contributed by atoms with van der Waals surface area (Å²) in [5, 5.41) is 1.17. The molecule has 142 valence electrons. The van der Waals surface area contributed by atoms with E-state index in [4.69, 9.17) is 4.74 Å². The van der Waals surface area contributed by atoms with Crippen LogP contribution in [0.3, 0.4) is 0 Å². The number of nitrogens with zero attached hydrogens (tertiary/aromatic N) is 2. The number of imide groups is 1. The molecule has 6 heteroatoms. The van der Waals surface area contributed by atoms with Gasteiger partial charge in [-0.2, -0.15) is 0 Å². The molecule has 1 fully saturated rings. The molecule has 5 rings (SSSR count). The summed E-state index contributed by atoms with van der Waals surface area (Å²) < 4.78 is 5.35. The van der Waals surface area contributed by atoms with Gasteiger partial charge in [0.15, 0.2) is 0 Å². The normalized spacial score (nSPS) is 20.0. The lowest BCUT2D eigenvalue weighted by Crippen LogP contribution is -2.44. The third-order valence-electron chi connectivity index (χ3n) is 5.79. The van der Waals surface area contributed by atoms with E-state index in [0.717, 1.165) is 29.9 Å². The fourth-order valence-electron chi connectivity index (χ4n) is 4.38. The highest BCUT2D eigenvalue weighted by atomic mass is 16.5. The van der Waals surface area contributed by atoms with E-state index in [1.54, 1.807) is 19.2 Å². The van der Waals surface area contributed by atoms with Crippen molar-refractivity contribution in [2.24, 2.45) is 0 Å². The largest absolute Gasteiger partial charge is 0.497 e. The molecule has 1 aromatic heterocycles. The van der Waals surface area contributed by atoms with Crippen LogP contribution in [0.25, 0.3) is 10.9 Å². The molecule has 1 atom stereocenters. The maximum atomic E-state index is 13.0. The van der Waals surface area contributed by atoms with E-state index in [9.17, 15) is 9.59 Å². The fourth-order valence-corrected chi connectivity index (χ4v) is 4.38. The van der Waals surface area contributed by atoms with Crippen molar-refractivity contribution < 1.29 is 14.3 Å². The Morgan fingerprint density at radius 1 is 1.11 bits per heavy atom. The maximum absolute atomic E-state index is 13.0. The summed E-state index contributed by atoms with van der Waals surface area (Å²) in [6, 6.07) is 14.8. The zero-order valence-corrected chi connectivity index (χ0v) is 15.6. The number of fused-ring (bicyclic) bond motifs is 3. The van der Waals surface area contributed by atoms with Crippen molar-refractivity contribution in [3.05, 3.63) is 59.8 Å². The highest BCUT2D eigenvalue weighted by Gasteiger charge is 2.43. The Kier molecular flexibility index (Phi) is 3.94. The second kappa shape index (κ2) is 6.49. The second-order valence-corrected chi connectivity index (χ2v) is 7.34. The number of benzene rings is 2. The van der Waals surface area contributed by atoms with Crippen molar-refractivity contribution in [2.75, 3.05) is 18.6 Å². The Morgan fingerprint density at radius 2 is 1.93 bits per heavy atom. The first-order valence-electron chi connectivity index (χ1n) is 9.49. The van der Waals surface area contributed by atoms with Gasteiger partial charge >= 0.3 is 0 Å². The Balaban J connectivity index is 1.42. The first-order valence-corrected chi connectivity index (χ1v) is 9.49. The molecule has 2 aromatic carbocycles. The highest BCUT2D eigenvalue weighted by molar-refractivity contribution is 6.22. The van der Waals surface area contributed by atoms with Gasteiger partial charge in [0.1, 0.15) is 5.75 Å². The number of nitrogens with one attached hydrogen (secondary N) is 1. The van der Waals surface area contributed by atoms with Crippen LogP contribution in [0.5, 0.6) is 5.75 Å². The molecule has 0 unspecified atom stereocenters. The molecule has 0 saturated carbocycles. The molecule has 6 nitrogen and oxygen atoms in total. The molecule has 3 aromatic rings. The van der Waals surface area contributed by atoms with Gasteiger partial charge in [0.05, 0.1) is 25.3 Å². The van der Waals surface area contributed by atoms with Gasteiger partial charge in [-0.1, -0.05) is 18.2 Å². The minimum atomic E-state index is -0.401. The molecule has 1 N–H and O–H groups in total. The van der Waals surface area contributed by atoms with Crippen LogP contribution in [0.1, 0.15) is 17.7 Å². The van der Waals surface area contributed by atoms with Crippen molar-refractivity contribution in [1.82, 2.24) is 9.88 Å². The Hall–Kier alpha value is -3.12. The number of hydrogen-bond acceptors (Lipinski definition) is 4. The van der Waals surface area contributed by atoms with E-state index in [-0.39, 0.29) is 18.2 Å². The molecule has 0 bridgehead atoms. The number of amides is 2. The van der Waals surface area contributed by atoms with Gasteiger partial charge in [-0.25, -0.2) is 4.90 Å². The van der Waals surface area contributed by atoms with Gasteiger partial charge < -0.3 is 9.72 Å². The number of ether oxygens (including phenoxy) is 1. The Bertz CT molecular complexity index is 1070. The SMILES string of the molecule is COc1ccc2[nH]c3c(c2c1)CCN([C@H]1CC(=O)N(c2ccccc2)C1=O)C3. The summed E-state index contributed by atoms with van der Waals surface area (Å²) in [5.74, 6) is 0.581. The molecule has 0 aliphatic carbocycles. The van der Waals surface area contributed by atoms with Crippen LogP contribution in [-0.2, 0) is 22.6 Å². The molecular formula is C22H21N3O3. The molecule has 0 spiro atoms. The van der Waals surface area contributed by atoms with E-state index < -0.39 is 6.04 Å². The minimum Gasteiger partial charge on any atom is -0.497 e. The summed E-state index contributed by atoms with van der Waals surface area (Å²) in [7, 11) is 1.67. The lowest BCUT2D eigenvalue weighted by molar-refractivity contribution is -0.123. The van der Waals surface area contributed by atoms with Crippen molar-refractivity contribution in [3.8, 4) is 5.75 Å². The first kappa shape index (κ1) is 17.0. The van der Waals surface area contributed by atoms with Crippen LogP contribution in [0.2, 0.25) is 0 Å². The van der Waals surface area contributed by atoms with Crippen LogP contribution < -0.4 is 9.64 Å². The van der Waals surface area contributed by atoms with Gasteiger partial charge in [0.25, 0.3) is 5.91 Å². The average molecular weight is 375 g/mol. The number of methoxy groups -OCH3 is 1. The smallest absolute Gasteiger partial charge is 0.251 e. The van der Waals surface area contributed by atoms with E-state index in [1.807, 2.05) is 30.3 Å². The topological polar surface area (TPSA) is 65.6 Å². The molecule has 2 amide bonds.